The molecule has 1 N–H and O–H groups in total. The maximum absolute atomic E-state index is 14.1. The number of aromatic carboxylic acids is 1. The third-order valence-electron chi connectivity index (χ3n) is 8.33. The summed E-state index contributed by atoms with van der Waals surface area (Å²) in [7, 11) is 0. The Morgan fingerprint density at radius 2 is 1.93 bits per heavy atom. The Labute approximate surface area is 240 Å². The van der Waals surface area contributed by atoms with Crippen LogP contribution in [0.15, 0.2) is 54.6 Å². The van der Waals surface area contributed by atoms with Gasteiger partial charge in [-0.05, 0) is 87.5 Å². The summed E-state index contributed by atoms with van der Waals surface area (Å²) in [6.45, 7) is 6.95. The summed E-state index contributed by atoms with van der Waals surface area (Å²) >= 11 is 5.85. The van der Waals surface area contributed by atoms with Gasteiger partial charge in [0.15, 0.2) is 0 Å². The summed E-state index contributed by atoms with van der Waals surface area (Å²) in [5, 5.41) is 9.90. The molecule has 0 amide bonds. The molecule has 5 rings (SSSR count). The summed E-state index contributed by atoms with van der Waals surface area (Å²) < 4.78 is 19.9. The third-order valence-corrected chi connectivity index (χ3v) is 8.56. The van der Waals surface area contributed by atoms with Gasteiger partial charge in [-0.2, -0.15) is 0 Å². The van der Waals surface area contributed by atoms with E-state index in [0.717, 1.165) is 62.5 Å². The smallest absolute Gasteiger partial charge is 0.335 e. The predicted molar refractivity (Wildman–Crippen MR) is 156 cm³/mol. The molecule has 2 aliphatic rings. The van der Waals surface area contributed by atoms with Crippen LogP contribution in [0.5, 0.6) is 5.88 Å². The van der Waals surface area contributed by atoms with Crippen LogP contribution >= 0.6 is 11.6 Å². The number of aromatic nitrogens is 1. The van der Waals surface area contributed by atoms with Crippen LogP contribution in [0, 0.1) is 18.7 Å². The van der Waals surface area contributed by atoms with Gasteiger partial charge in [-0.1, -0.05) is 36.2 Å². The fourth-order valence-corrected chi connectivity index (χ4v) is 5.78. The summed E-state index contributed by atoms with van der Waals surface area (Å²) in [6, 6.07) is 15.8. The lowest BCUT2D eigenvalue weighted by Gasteiger charge is -2.37. The number of piperidine rings is 1. The van der Waals surface area contributed by atoms with E-state index in [9.17, 15) is 14.3 Å². The Bertz CT molecular complexity index is 1320. The van der Waals surface area contributed by atoms with Crippen molar-refractivity contribution in [3.05, 3.63) is 87.8 Å². The summed E-state index contributed by atoms with van der Waals surface area (Å²) in [6.07, 6.45) is 5.82. The maximum Gasteiger partial charge on any atom is 0.335 e. The number of likely N-dealkylation sites (tertiary alicyclic amines) is 1. The molecule has 1 aliphatic heterocycles. The molecule has 1 aromatic heterocycles. The van der Waals surface area contributed by atoms with E-state index in [1.54, 1.807) is 18.2 Å². The Balaban J connectivity index is 1.16. The van der Waals surface area contributed by atoms with Crippen molar-refractivity contribution >= 4 is 23.3 Å². The van der Waals surface area contributed by atoms with E-state index in [-0.39, 0.29) is 12.4 Å². The van der Waals surface area contributed by atoms with Gasteiger partial charge < -0.3 is 19.6 Å². The number of ether oxygens (including phenoxy) is 1. The van der Waals surface area contributed by atoms with Gasteiger partial charge in [0.05, 0.1) is 5.56 Å². The number of halogens is 2. The molecule has 0 atom stereocenters. The minimum absolute atomic E-state index is 0.101. The molecule has 2 fully saturated rings. The lowest BCUT2D eigenvalue weighted by molar-refractivity contribution is 0.0697. The zero-order chi connectivity index (χ0) is 28.1. The molecular formula is C32H37ClFN3O3. The van der Waals surface area contributed by atoms with Crippen LogP contribution in [0.4, 0.5) is 10.1 Å². The van der Waals surface area contributed by atoms with Gasteiger partial charge >= 0.3 is 5.97 Å². The van der Waals surface area contributed by atoms with Crippen molar-refractivity contribution in [1.82, 2.24) is 9.88 Å². The minimum Gasteiger partial charge on any atom is -0.478 e. The lowest BCUT2D eigenvalue weighted by atomic mass is 9.85. The first-order valence-corrected chi connectivity index (χ1v) is 14.6. The monoisotopic (exact) mass is 565 g/mol. The number of benzene rings is 2. The van der Waals surface area contributed by atoms with Crippen molar-refractivity contribution in [2.24, 2.45) is 5.92 Å². The van der Waals surface area contributed by atoms with Crippen LogP contribution in [0.3, 0.4) is 0 Å². The molecule has 1 aliphatic carbocycles. The SMILES string of the molecule is Cc1ccc(C(=O)O)cc1N(CCN1CCC(c2cccc(OCc3ccc(Cl)cc3F)n2)CC1)CC1CCC1. The maximum atomic E-state index is 14.1. The van der Waals surface area contributed by atoms with Crippen LogP contribution in [0.2, 0.25) is 5.02 Å². The molecule has 40 heavy (non-hydrogen) atoms. The quantitative estimate of drug-likeness (QED) is 0.271. The van der Waals surface area contributed by atoms with E-state index >= 15 is 0 Å². The van der Waals surface area contributed by atoms with Gasteiger partial charge in [0.25, 0.3) is 0 Å². The second-order valence-corrected chi connectivity index (χ2v) is 11.5. The van der Waals surface area contributed by atoms with Crippen LogP contribution < -0.4 is 9.64 Å². The number of hydrogen-bond donors (Lipinski definition) is 1. The van der Waals surface area contributed by atoms with E-state index in [0.29, 0.717) is 33.9 Å². The molecular weight excluding hydrogens is 529 g/mol. The number of rotatable bonds is 11. The fourth-order valence-electron chi connectivity index (χ4n) is 5.62. The first-order chi connectivity index (χ1) is 19.4. The van der Waals surface area contributed by atoms with Crippen molar-refractivity contribution in [2.45, 2.75) is 51.6 Å². The van der Waals surface area contributed by atoms with Gasteiger partial charge in [0, 0.05) is 53.6 Å². The number of anilines is 1. The molecule has 212 valence electrons. The first-order valence-electron chi connectivity index (χ1n) is 14.2. The van der Waals surface area contributed by atoms with E-state index in [1.807, 2.05) is 24.3 Å². The average Bonchev–Trinajstić information content (AvgIpc) is 2.92. The molecule has 8 heteroatoms. The van der Waals surface area contributed by atoms with Crippen LogP contribution in [0.1, 0.15) is 65.2 Å². The van der Waals surface area contributed by atoms with Crippen molar-refractivity contribution < 1.29 is 19.0 Å². The second-order valence-electron chi connectivity index (χ2n) is 11.1. The number of carboxylic acids is 1. The second kappa shape index (κ2) is 13.0. The number of hydrogen-bond acceptors (Lipinski definition) is 5. The van der Waals surface area contributed by atoms with Crippen molar-refractivity contribution in [3.8, 4) is 5.88 Å². The molecule has 3 aromatic rings. The summed E-state index contributed by atoms with van der Waals surface area (Å²) in [5.41, 5.74) is 3.97. The zero-order valence-electron chi connectivity index (χ0n) is 23.0. The van der Waals surface area contributed by atoms with Crippen molar-refractivity contribution in [2.75, 3.05) is 37.6 Å². The molecule has 1 saturated carbocycles. The van der Waals surface area contributed by atoms with Crippen LogP contribution in [-0.4, -0.2) is 53.7 Å². The number of pyridine rings is 1. The lowest BCUT2D eigenvalue weighted by Crippen LogP contribution is -2.42. The van der Waals surface area contributed by atoms with Gasteiger partial charge in [0.1, 0.15) is 12.4 Å². The van der Waals surface area contributed by atoms with Gasteiger partial charge in [-0.15, -0.1) is 0 Å². The van der Waals surface area contributed by atoms with Crippen molar-refractivity contribution in [3.63, 3.8) is 0 Å². The van der Waals surface area contributed by atoms with Gasteiger partial charge in [-0.3, -0.25) is 0 Å². The standard InChI is InChI=1S/C32H37ClFN3O3/c1-22-8-9-25(32(38)39)18-30(22)37(20-23-4-2-5-23)17-16-36-14-12-24(13-15-36)29-6-3-7-31(35-29)40-21-26-10-11-27(33)19-28(26)34/h3,6-11,18-19,23-24H,2,4-5,12-17,20-21H2,1H3,(H,38,39). The van der Waals surface area contributed by atoms with E-state index in [4.69, 9.17) is 21.3 Å². The molecule has 6 nitrogen and oxygen atoms in total. The zero-order valence-corrected chi connectivity index (χ0v) is 23.7. The average molecular weight is 566 g/mol. The Morgan fingerprint density at radius 3 is 2.62 bits per heavy atom. The molecule has 0 radical (unpaired) electrons. The fraction of sp³-hybridized carbons (Fsp3) is 0.438. The highest BCUT2D eigenvalue weighted by atomic mass is 35.5. The first kappa shape index (κ1) is 28.4. The number of carboxylic acid groups (broad SMARTS) is 1. The molecule has 1 saturated heterocycles. The summed E-state index contributed by atoms with van der Waals surface area (Å²) in [4.78, 5) is 21.3. The van der Waals surface area contributed by atoms with Crippen LogP contribution in [-0.2, 0) is 6.61 Å². The van der Waals surface area contributed by atoms with Crippen molar-refractivity contribution in [1.29, 1.82) is 0 Å². The van der Waals surface area contributed by atoms with Gasteiger partial charge in [-0.25, -0.2) is 14.2 Å². The number of nitrogens with zero attached hydrogens (tertiary/aromatic N) is 3. The normalized spacial score (nSPS) is 16.5. The highest BCUT2D eigenvalue weighted by Crippen LogP contribution is 2.32. The highest BCUT2D eigenvalue weighted by molar-refractivity contribution is 6.30. The third kappa shape index (κ3) is 7.12. The topological polar surface area (TPSA) is 65.9 Å². The Hall–Kier alpha value is -3.16. The molecule has 2 aromatic carbocycles. The minimum atomic E-state index is -0.882. The van der Waals surface area contributed by atoms with E-state index in [1.165, 1.54) is 25.3 Å². The molecule has 0 unspecified atom stereocenters. The van der Waals surface area contributed by atoms with Crippen LogP contribution in [0.25, 0.3) is 0 Å². The Morgan fingerprint density at radius 1 is 1.12 bits per heavy atom. The number of aryl methyl sites for hydroxylation is 1. The predicted octanol–water partition coefficient (Wildman–Crippen LogP) is 6.95. The van der Waals surface area contributed by atoms with E-state index < -0.39 is 5.97 Å². The summed E-state index contributed by atoms with van der Waals surface area (Å²) in [5.74, 6) is 0.280. The molecule has 0 bridgehead atoms. The Kier molecular flexibility index (Phi) is 9.22. The number of carbonyl (C=O) groups is 1. The van der Waals surface area contributed by atoms with Gasteiger partial charge in [0.2, 0.25) is 5.88 Å². The molecule has 0 spiro atoms. The largest absolute Gasteiger partial charge is 0.478 e. The van der Waals surface area contributed by atoms with E-state index in [2.05, 4.69) is 22.8 Å². The molecule has 2 heterocycles. The highest BCUT2D eigenvalue weighted by Gasteiger charge is 2.25.